The smallest absolute Gasteiger partial charge is 0.304 e. The summed E-state index contributed by atoms with van der Waals surface area (Å²) in [6, 6.07) is 74.8. The summed E-state index contributed by atoms with van der Waals surface area (Å²) in [5.74, 6) is 0. The second kappa shape index (κ2) is 22.3. The summed E-state index contributed by atoms with van der Waals surface area (Å²) < 4.78 is 2.03. The second-order valence-electron chi connectivity index (χ2n) is 18.8. The molecule has 0 amide bonds. The third-order valence-corrected chi connectivity index (χ3v) is 13.9. The minimum absolute atomic E-state index is 0. The summed E-state index contributed by atoms with van der Waals surface area (Å²) in [7, 11) is 0. The molecule has 0 aliphatic rings. The summed E-state index contributed by atoms with van der Waals surface area (Å²) in [6.07, 6.45) is 9.54. The fourth-order valence-corrected chi connectivity index (χ4v) is 9.72. The maximum absolute atomic E-state index is 5.20. The Morgan fingerprint density at radius 1 is 0.380 bits per heavy atom. The molecule has 0 saturated heterocycles. The van der Waals surface area contributed by atoms with Crippen LogP contribution < -0.4 is 0 Å². The van der Waals surface area contributed by atoms with Gasteiger partial charge in [-0.25, -0.2) is 0 Å². The first-order valence-electron chi connectivity index (χ1n) is 23.8. The first-order chi connectivity index (χ1) is 34.1. The third-order valence-electron chi connectivity index (χ3n) is 12.9. The van der Waals surface area contributed by atoms with E-state index in [1.807, 2.05) is 42.7 Å². The van der Waals surface area contributed by atoms with Crippen LogP contribution in [-0.4, -0.2) is 15.0 Å². The number of aryl methyl sites for hydroxylation is 4. The average molecular weight is 1230 g/mol. The van der Waals surface area contributed by atoms with Crippen molar-refractivity contribution in [2.45, 2.75) is 51.9 Å². The molecule has 348 valence electrons. The van der Waals surface area contributed by atoms with Crippen molar-refractivity contribution in [3.63, 3.8) is 0 Å². The summed E-state index contributed by atoms with van der Waals surface area (Å²) in [4.78, 5) is 14.9. The fourth-order valence-electron chi connectivity index (χ4n) is 9.00. The maximum atomic E-state index is 5.20. The monoisotopic (exact) mass is 1220 g/mol. The average Bonchev–Trinajstić information content (AvgIpc) is 3.40. The molecule has 0 fully saturated rings. The molecule has 0 atom stereocenters. The Balaban J connectivity index is 0.00000624. The van der Waals surface area contributed by atoms with E-state index in [4.69, 9.17) is 15.0 Å². The van der Waals surface area contributed by atoms with Crippen molar-refractivity contribution in [1.29, 1.82) is 0 Å². The number of aromatic nitrogens is 3. The first kappa shape index (κ1) is 49.6. The largest absolute Gasteiger partial charge is 3.00 e. The van der Waals surface area contributed by atoms with Crippen molar-refractivity contribution in [3.05, 3.63) is 256 Å². The number of hydrogen-bond donors (Lipinski definition) is 0. The Morgan fingerprint density at radius 3 is 1.42 bits per heavy atom. The van der Waals surface area contributed by atoms with Crippen molar-refractivity contribution in [2.24, 2.45) is 0 Å². The second-order valence-corrected chi connectivity index (χ2v) is 20.7. The van der Waals surface area contributed by atoms with Crippen molar-refractivity contribution in [1.82, 2.24) is 15.0 Å². The molecule has 6 heteroatoms. The number of pyridine rings is 3. The van der Waals surface area contributed by atoms with Crippen LogP contribution in [-0.2, 0) is 51.2 Å². The van der Waals surface area contributed by atoms with E-state index in [0.717, 1.165) is 96.2 Å². The van der Waals surface area contributed by atoms with Crippen LogP contribution in [0.1, 0.15) is 48.6 Å². The quantitative estimate of drug-likeness (QED) is 0.108. The molecule has 0 unspecified atom stereocenters. The van der Waals surface area contributed by atoms with Crippen molar-refractivity contribution in [3.8, 4) is 78.3 Å². The van der Waals surface area contributed by atoms with Gasteiger partial charge in [0, 0.05) is 24.2 Å². The van der Waals surface area contributed by atoms with Crippen LogP contribution in [0.15, 0.2) is 210 Å². The van der Waals surface area contributed by atoms with Gasteiger partial charge in [-0.15, -0.1) is 95.1 Å². The van der Waals surface area contributed by atoms with Crippen LogP contribution in [0.2, 0.25) is 0 Å². The van der Waals surface area contributed by atoms with Crippen LogP contribution >= 0.6 is 31.9 Å². The molecule has 0 N–H and O–H groups in total. The van der Waals surface area contributed by atoms with Gasteiger partial charge in [-0.2, -0.15) is 0 Å². The van der Waals surface area contributed by atoms with Gasteiger partial charge in [0.1, 0.15) is 0 Å². The molecule has 3 aromatic heterocycles. The molecule has 7 aromatic carbocycles. The van der Waals surface area contributed by atoms with Gasteiger partial charge in [0.2, 0.25) is 0 Å². The molecule has 10 rings (SSSR count). The Hall–Kier alpha value is -6.40. The molecule has 71 heavy (non-hydrogen) atoms. The molecule has 0 bridgehead atoms. The Labute approximate surface area is 449 Å². The summed E-state index contributed by atoms with van der Waals surface area (Å²) in [6.45, 7) is 6.74. The Kier molecular flexibility index (Phi) is 15.6. The van der Waals surface area contributed by atoms with Crippen LogP contribution in [0.4, 0.5) is 0 Å². The topological polar surface area (TPSA) is 38.7 Å². The van der Waals surface area contributed by atoms with Crippen molar-refractivity contribution in [2.75, 3.05) is 0 Å². The van der Waals surface area contributed by atoms with Gasteiger partial charge in [-0.3, -0.25) is 0 Å². The number of hydrogen-bond acceptors (Lipinski definition) is 3. The third kappa shape index (κ3) is 12.0. The van der Waals surface area contributed by atoms with Crippen LogP contribution in [0.5, 0.6) is 0 Å². The summed E-state index contributed by atoms with van der Waals surface area (Å²) in [5.41, 5.74) is 21.0. The van der Waals surface area contributed by atoms with E-state index in [2.05, 4.69) is 229 Å². The van der Waals surface area contributed by atoms with E-state index >= 15 is 0 Å². The van der Waals surface area contributed by atoms with Gasteiger partial charge in [-0.05, 0) is 109 Å². The molecule has 3 nitrogen and oxygen atoms in total. The molecular weight excluding hydrogens is 1170 g/mol. The van der Waals surface area contributed by atoms with Gasteiger partial charge in [0.25, 0.3) is 0 Å². The predicted molar refractivity (Wildman–Crippen MR) is 296 cm³/mol. The van der Waals surface area contributed by atoms with E-state index in [9.17, 15) is 0 Å². The zero-order valence-electron chi connectivity index (χ0n) is 39.8. The first-order valence-corrected chi connectivity index (χ1v) is 25.3. The molecule has 0 radical (unpaired) electrons. The Bertz CT molecular complexity index is 3310. The van der Waals surface area contributed by atoms with E-state index in [-0.39, 0.29) is 25.5 Å². The zero-order valence-corrected chi connectivity index (χ0v) is 45.4. The van der Waals surface area contributed by atoms with E-state index < -0.39 is 0 Å². The minimum atomic E-state index is -0.00657. The standard InChI is InChI=1S/C65H50Br2N3.Ir/c1-65(2,3)55-17-9-14-51(37-55)64-40-60(50-30-28-49(29-31-50)48-12-5-4-6-13-48)61(43-70-64)59-21-8-7-20-58(59)54-35-46(24-22-44-26-32-62(68-41-44)52-15-10-18-56(66)38-52)34-47(36-54)25-23-45-27-33-63(69-42-45)53-16-11-19-57(67)39-53;/h4-13,17-21,26-43H,22-25H2,1-3H3;/q-3;+3. The maximum Gasteiger partial charge on any atom is 3.00 e. The molecule has 10 aromatic rings. The van der Waals surface area contributed by atoms with Gasteiger partial charge in [0.15, 0.2) is 0 Å². The van der Waals surface area contributed by atoms with Crippen LogP contribution in [0, 0.1) is 18.2 Å². The number of halogens is 2. The zero-order chi connectivity index (χ0) is 48.0. The number of benzene rings is 7. The molecule has 3 heterocycles. The van der Waals surface area contributed by atoms with Gasteiger partial charge >= 0.3 is 20.1 Å². The minimum Gasteiger partial charge on any atom is -0.304 e. The molecule has 0 spiro atoms. The van der Waals surface area contributed by atoms with Crippen molar-refractivity contribution < 1.29 is 20.1 Å². The Morgan fingerprint density at radius 2 is 0.873 bits per heavy atom. The van der Waals surface area contributed by atoms with Gasteiger partial charge in [-0.1, -0.05) is 189 Å². The normalized spacial score (nSPS) is 11.3. The summed E-state index contributed by atoms with van der Waals surface area (Å²) >= 11 is 7.19. The molecule has 0 saturated carbocycles. The number of rotatable bonds is 13. The van der Waals surface area contributed by atoms with E-state index in [1.165, 1.54) is 44.5 Å². The SMILES string of the molecule is CC(C)(C)c1cc[c-]c(-c2cc(-c3ccc(-c4ccccc4)cc3)c(-c3ccccc3-c3cc(CCc4ccc(-c5[c-]ccc(Br)c5)nc4)cc(CCc4ccc(-c5[c-]ccc(Br)c5)nc4)c3)cn2)c1.[Ir+3]. The fraction of sp³-hybridized carbons (Fsp3) is 0.123. The van der Waals surface area contributed by atoms with Crippen molar-refractivity contribution >= 4 is 31.9 Å². The number of nitrogens with zero attached hydrogens (tertiary/aromatic N) is 3. The van der Waals surface area contributed by atoms with Gasteiger partial charge in [0.05, 0.1) is 0 Å². The predicted octanol–water partition coefficient (Wildman–Crippen LogP) is 17.3. The van der Waals surface area contributed by atoms with Crippen LogP contribution in [0.25, 0.3) is 78.3 Å². The summed E-state index contributed by atoms with van der Waals surface area (Å²) in [5, 5.41) is 0. The molecular formula is C65H50Br2IrN3. The van der Waals surface area contributed by atoms with E-state index in [0.29, 0.717) is 0 Å². The van der Waals surface area contributed by atoms with E-state index in [1.54, 1.807) is 0 Å². The van der Waals surface area contributed by atoms with Gasteiger partial charge < -0.3 is 15.0 Å². The molecule has 0 aliphatic carbocycles. The molecule has 0 aliphatic heterocycles. The van der Waals surface area contributed by atoms with Crippen LogP contribution in [0.3, 0.4) is 0 Å².